The Morgan fingerprint density at radius 1 is 0.765 bits per heavy atom. The fourth-order valence-corrected chi connectivity index (χ4v) is 3.84. The van der Waals surface area contributed by atoms with Crippen LogP contribution < -0.4 is 19.9 Å². The fraction of sp³-hybridized carbons (Fsp3) is 0.240. The summed E-state index contributed by atoms with van der Waals surface area (Å²) in [5, 5.41) is 3.22. The van der Waals surface area contributed by atoms with Crippen LogP contribution in [0.4, 0.5) is 23.5 Å². The molecule has 1 fully saturated rings. The summed E-state index contributed by atoms with van der Waals surface area (Å²) in [6.45, 7) is 3.15. The van der Waals surface area contributed by atoms with Crippen molar-refractivity contribution in [2.45, 2.75) is 6.42 Å². The first-order valence-electron chi connectivity index (χ1n) is 11.2. The van der Waals surface area contributed by atoms with E-state index in [0.29, 0.717) is 11.9 Å². The number of hydrogen-bond acceptors (Lipinski definition) is 9. The van der Waals surface area contributed by atoms with Gasteiger partial charge in [0.15, 0.2) is 0 Å². The Kier molecular flexibility index (Phi) is 6.42. The second kappa shape index (κ2) is 10.1. The molecule has 2 aromatic heterocycles. The second-order valence-corrected chi connectivity index (χ2v) is 7.99. The number of anilines is 4. The van der Waals surface area contributed by atoms with Crippen LogP contribution in [0.15, 0.2) is 73.3 Å². The van der Waals surface area contributed by atoms with E-state index in [2.05, 4.69) is 64.3 Å². The molecule has 5 rings (SSSR count). The molecule has 3 heterocycles. The molecule has 0 amide bonds. The summed E-state index contributed by atoms with van der Waals surface area (Å²) in [6.07, 6.45) is 6.21. The van der Waals surface area contributed by atoms with Crippen LogP contribution in [0.5, 0.6) is 5.75 Å². The average molecular weight is 455 g/mol. The summed E-state index contributed by atoms with van der Waals surface area (Å²) in [7, 11) is 1.65. The number of ether oxygens (including phenoxy) is 1. The summed E-state index contributed by atoms with van der Waals surface area (Å²) >= 11 is 0. The van der Waals surface area contributed by atoms with Gasteiger partial charge in [0.1, 0.15) is 12.1 Å². The van der Waals surface area contributed by atoms with Gasteiger partial charge in [0.25, 0.3) is 0 Å². The van der Waals surface area contributed by atoms with Gasteiger partial charge in [-0.3, -0.25) is 0 Å². The largest absolute Gasteiger partial charge is 0.497 e. The molecule has 172 valence electrons. The molecule has 0 unspecified atom stereocenters. The molecule has 1 aliphatic heterocycles. The van der Waals surface area contributed by atoms with Crippen LogP contribution in [-0.2, 0) is 6.42 Å². The lowest BCUT2D eigenvalue weighted by Gasteiger charge is -2.34. The van der Waals surface area contributed by atoms with E-state index >= 15 is 0 Å². The summed E-state index contributed by atoms with van der Waals surface area (Å²) in [4.78, 5) is 26.8. The number of methoxy groups -OCH3 is 1. The Labute approximate surface area is 198 Å². The highest BCUT2D eigenvalue weighted by Gasteiger charge is 2.21. The quantitative estimate of drug-likeness (QED) is 0.451. The van der Waals surface area contributed by atoms with E-state index in [4.69, 9.17) is 4.74 Å². The van der Waals surface area contributed by atoms with Crippen molar-refractivity contribution in [1.29, 1.82) is 0 Å². The van der Waals surface area contributed by atoms with Gasteiger partial charge in [0.05, 0.1) is 7.11 Å². The van der Waals surface area contributed by atoms with Crippen molar-refractivity contribution in [2.24, 2.45) is 0 Å². The van der Waals surface area contributed by atoms with Gasteiger partial charge >= 0.3 is 0 Å². The maximum atomic E-state index is 5.20. The number of benzene rings is 2. The highest BCUT2D eigenvalue weighted by Crippen LogP contribution is 2.20. The maximum Gasteiger partial charge on any atom is 0.231 e. The first-order valence-corrected chi connectivity index (χ1v) is 11.2. The summed E-state index contributed by atoms with van der Waals surface area (Å²) < 4.78 is 5.20. The number of aromatic nitrogens is 5. The molecule has 9 heteroatoms. The van der Waals surface area contributed by atoms with E-state index in [9.17, 15) is 0 Å². The van der Waals surface area contributed by atoms with E-state index < -0.39 is 0 Å². The highest BCUT2D eigenvalue weighted by molar-refractivity contribution is 5.55. The molecule has 0 saturated carbocycles. The number of nitrogens with one attached hydrogen (secondary N) is 1. The maximum absolute atomic E-state index is 5.20. The topological polar surface area (TPSA) is 92.2 Å². The van der Waals surface area contributed by atoms with Gasteiger partial charge in [-0.05, 0) is 35.4 Å². The van der Waals surface area contributed by atoms with E-state index in [0.717, 1.165) is 55.5 Å². The Hall–Kier alpha value is -4.27. The molecular weight excluding hydrogens is 428 g/mol. The molecule has 0 atom stereocenters. The SMILES string of the molecule is COc1ccc(Nc2ncnc(N3CCN(c4ncc(Cc5ccccc5)cn4)CC3)n2)cc1. The van der Waals surface area contributed by atoms with Crippen LogP contribution in [0.25, 0.3) is 0 Å². The van der Waals surface area contributed by atoms with E-state index in [-0.39, 0.29) is 0 Å². The fourth-order valence-electron chi connectivity index (χ4n) is 3.84. The predicted molar refractivity (Wildman–Crippen MR) is 132 cm³/mol. The van der Waals surface area contributed by atoms with Crippen LogP contribution in [-0.4, -0.2) is 58.2 Å². The van der Waals surface area contributed by atoms with Crippen molar-refractivity contribution < 1.29 is 4.74 Å². The van der Waals surface area contributed by atoms with Gasteiger partial charge in [-0.25, -0.2) is 19.9 Å². The minimum Gasteiger partial charge on any atom is -0.497 e. The van der Waals surface area contributed by atoms with E-state index in [1.807, 2.05) is 42.7 Å². The van der Waals surface area contributed by atoms with E-state index in [1.54, 1.807) is 7.11 Å². The van der Waals surface area contributed by atoms with Crippen molar-refractivity contribution in [1.82, 2.24) is 24.9 Å². The van der Waals surface area contributed by atoms with Crippen LogP contribution in [0.2, 0.25) is 0 Å². The Morgan fingerprint density at radius 3 is 2.12 bits per heavy atom. The molecule has 0 radical (unpaired) electrons. The summed E-state index contributed by atoms with van der Waals surface area (Å²) in [5.74, 6) is 2.73. The number of hydrogen-bond donors (Lipinski definition) is 1. The number of piperazine rings is 1. The molecule has 2 aromatic carbocycles. The van der Waals surface area contributed by atoms with Gasteiger partial charge in [-0.2, -0.15) is 4.98 Å². The lowest BCUT2D eigenvalue weighted by Crippen LogP contribution is -2.47. The molecule has 0 bridgehead atoms. The smallest absolute Gasteiger partial charge is 0.231 e. The monoisotopic (exact) mass is 454 g/mol. The molecule has 4 aromatic rings. The number of rotatable bonds is 7. The Balaban J connectivity index is 1.17. The third kappa shape index (κ3) is 5.20. The van der Waals surface area contributed by atoms with Crippen molar-refractivity contribution in [3.05, 3.63) is 84.4 Å². The molecule has 1 aliphatic rings. The third-order valence-corrected chi connectivity index (χ3v) is 5.69. The van der Waals surface area contributed by atoms with Crippen LogP contribution >= 0.6 is 0 Å². The van der Waals surface area contributed by atoms with Crippen molar-refractivity contribution >= 4 is 23.5 Å². The third-order valence-electron chi connectivity index (χ3n) is 5.69. The zero-order chi connectivity index (χ0) is 23.2. The molecule has 0 aliphatic carbocycles. The Morgan fingerprint density at radius 2 is 1.44 bits per heavy atom. The lowest BCUT2D eigenvalue weighted by molar-refractivity contribution is 0.415. The van der Waals surface area contributed by atoms with Gasteiger partial charge in [-0.15, -0.1) is 0 Å². The molecular formula is C25H26N8O. The second-order valence-electron chi connectivity index (χ2n) is 7.99. The van der Waals surface area contributed by atoms with Gasteiger partial charge in [0.2, 0.25) is 17.8 Å². The van der Waals surface area contributed by atoms with Crippen LogP contribution in [0.3, 0.4) is 0 Å². The van der Waals surface area contributed by atoms with Crippen molar-refractivity contribution in [3.8, 4) is 5.75 Å². The standard InChI is InChI=1S/C25H26N8O/c1-34-22-9-7-21(8-10-22)30-23-28-18-29-25(31-23)33-13-11-32(12-14-33)24-26-16-20(17-27-24)15-19-5-3-2-4-6-19/h2-10,16-18H,11-15H2,1H3,(H,28,29,30,31). The zero-order valence-electron chi connectivity index (χ0n) is 19.0. The van der Waals surface area contributed by atoms with Gasteiger partial charge < -0.3 is 19.9 Å². The first-order chi connectivity index (χ1) is 16.8. The summed E-state index contributed by atoms with van der Waals surface area (Å²) in [6, 6.07) is 18.0. The zero-order valence-corrected chi connectivity index (χ0v) is 19.0. The molecule has 1 N–H and O–H groups in total. The molecule has 1 saturated heterocycles. The van der Waals surface area contributed by atoms with Gasteiger partial charge in [0, 0.05) is 50.7 Å². The Bertz CT molecular complexity index is 1190. The van der Waals surface area contributed by atoms with E-state index in [1.165, 1.54) is 11.9 Å². The first kappa shape index (κ1) is 21.6. The van der Waals surface area contributed by atoms with Crippen LogP contribution in [0.1, 0.15) is 11.1 Å². The van der Waals surface area contributed by atoms with Crippen LogP contribution in [0, 0.1) is 0 Å². The average Bonchev–Trinajstić information content (AvgIpc) is 2.90. The predicted octanol–water partition coefficient (Wildman–Crippen LogP) is 3.33. The lowest BCUT2D eigenvalue weighted by atomic mass is 10.1. The molecule has 9 nitrogen and oxygen atoms in total. The summed E-state index contributed by atoms with van der Waals surface area (Å²) in [5.41, 5.74) is 3.25. The molecule has 0 spiro atoms. The minimum absolute atomic E-state index is 0.509. The van der Waals surface area contributed by atoms with Gasteiger partial charge in [-0.1, -0.05) is 30.3 Å². The molecule has 34 heavy (non-hydrogen) atoms. The normalized spacial score (nSPS) is 13.6. The number of nitrogens with zero attached hydrogens (tertiary/aromatic N) is 7. The van der Waals surface area contributed by atoms with Crippen molar-refractivity contribution in [3.63, 3.8) is 0 Å². The highest BCUT2D eigenvalue weighted by atomic mass is 16.5. The minimum atomic E-state index is 0.509. The van der Waals surface area contributed by atoms with Crippen molar-refractivity contribution in [2.75, 3.05) is 48.4 Å².